The summed E-state index contributed by atoms with van der Waals surface area (Å²) >= 11 is 0. The van der Waals surface area contributed by atoms with Crippen LogP contribution in [0.2, 0.25) is 0 Å². The molecule has 0 spiro atoms. The first-order chi connectivity index (χ1) is 8.50. The van der Waals surface area contributed by atoms with E-state index in [1.165, 1.54) is 12.1 Å². The Morgan fingerprint density at radius 1 is 1.28 bits per heavy atom. The average molecular weight is 259 g/mol. The molecule has 2 unspecified atom stereocenters. The van der Waals surface area contributed by atoms with Crippen molar-refractivity contribution >= 4 is 0 Å². The molecule has 0 radical (unpaired) electrons. The molecule has 2 atom stereocenters. The molecule has 5 heteroatoms. The predicted octanol–water partition coefficient (Wildman–Crippen LogP) is 3.14. The molecule has 1 N–H and O–H groups in total. The van der Waals surface area contributed by atoms with E-state index < -0.39 is 11.7 Å². The van der Waals surface area contributed by atoms with Crippen LogP contribution in [0, 0.1) is 0 Å². The third-order valence-electron chi connectivity index (χ3n) is 3.32. The van der Waals surface area contributed by atoms with Gasteiger partial charge < -0.3 is 10.1 Å². The van der Waals surface area contributed by atoms with Gasteiger partial charge in [0.1, 0.15) is 0 Å². The van der Waals surface area contributed by atoms with Gasteiger partial charge in [0.15, 0.2) is 0 Å². The standard InChI is InChI=1S/C13H16F3NO/c1-18-11-5-6-12(17-8-11)9-3-2-4-10(7-9)13(14,15)16/h2-4,7,11-12,17H,5-6,8H2,1H3. The zero-order valence-electron chi connectivity index (χ0n) is 10.1. The molecule has 0 bridgehead atoms. The minimum Gasteiger partial charge on any atom is -0.380 e. The van der Waals surface area contributed by atoms with E-state index >= 15 is 0 Å². The molecule has 0 saturated carbocycles. The summed E-state index contributed by atoms with van der Waals surface area (Å²) in [6, 6.07) is 5.51. The Kier molecular flexibility index (Phi) is 3.92. The van der Waals surface area contributed by atoms with Crippen LogP contribution in [0.3, 0.4) is 0 Å². The lowest BCUT2D eigenvalue weighted by atomic mass is 9.95. The van der Waals surface area contributed by atoms with Crippen molar-refractivity contribution in [3.8, 4) is 0 Å². The quantitative estimate of drug-likeness (QED) is 0.881. The Bertz CT molecular complexity index is 397. The van der Waals surface area contributed by atoms with E-state index in [9.17, 15) is 13.2 Å². The number of ether oxygens (including phenoxy) is 1. The second-order valence-electron chi connectivity index (χ2n) is 4.52. The predicted molar refractivity (Wildman–Crippen MR) is 62.2 cm³/mol. The fraction of sp³-hybridized carbons (Fsp3) is 0.538. The van der Waals surface area contributed by atoms with Crippen molar-refractivity contribution in [1.82, 2.24) is 5.32 Å². The third kappa shape index (κ3) is 3.03. The molecule has 0 aromatic heterocycles. The molecular weight excluding hydrogens is 243 g/mol. The summed E-state index contributed by atoms with van der Waals surface area (Å²) in [6.45, 7) is 0.678. The zero-order chi connectivity index (χ0) is 13.2. The molecule has 1 fully saturated rings. The summed E-state index contributed by atoms with van der Waals surface area (Å²) in [5, 5.41) is 3.22. The van der Waals surface area contributed by atoms with Gasteiger partial charge in [-0.1, -0.05) is 12.1 Å². The van der Waals surface area contributed by atoms with Gasteiger partial charge >= 0.3 is 6.18 Å². The molecule has 1 saturated heterocycles. The summed E-state index contributed by atoms with van der Waals surface area (Å²) < 4.78 is 43.0. The molecule has 1 aromatic carbocycles. The topological polar surface area (TPSA) is 21.3 Å². The minimum atomic E-state index is -4.28. The van der Waals surface area contributed by atoms with E-state index in [1.807, 2.05) is 0 Å². The van der Waals surface area contributed by atoms with Crippen LogP contribution in [-0.4, -0.2) is 19.8 Å². The number of alkyl halides is 3. The van der Waals surface area contributed by atoms with E-state index in [-0.39, 0.29) is 12.1 Å². The molecule has 0 amide bonds. The van der Waals surface area contributed by atoms with E-state index in [1.54, 1.807) is 13.2 Å². The fourth-order valence-electron chi connectivity index (χ4n) is 2.25. The Morgan fingerprint density at radius 3 is 2.61 bits per heavy atom. The van der Waals surface area contributed by atoms with Crippen LogP contribution in [0.1, 0.15) is 30.0 Å². The highest BCUT2D eigenvalue weighted by Crippen LogP contribution is 2.32. The molecule has 2 rings (SSSR count). The molecule has 1 aliphatic heterocycles. The van der Waals surface area contributed by atoms with Gasteiger partial charge in [-0.2, -0.15) is 13.2 Å². The number of rotatable bonds is 2. The average Bonchev–Trinajstić information content (AvgIpc) is 2.38. The van der Waals surface area contributed by atoms with Crippen molar-refractivity contribution < 1.29 is 17.9 Å². The first-order valence-corrected chi connectivity index (χ1v) is 5.94. The van der Waals surface area contributed by atoms with Crippen LogP contribution in [0.4, 0.5) is 13.2 Å². The fourth-order valence-corrected chi connectivity index (χ4v) is 2.25. The molecule has 1 heterocycles. The highest BCUT2D eigenvalue weighted by atomic mass is 19.4. The third-order valence-corrected chi connectivity index (χ3v) is 3.32. The van der Waals surface area contributed by atoms with Gasteiger partial charge in [-0.25, -0.2) is 0 Å². The first kappa shape index (κ1) is 13.4. The SMILES string of the molecule is COC1CCC(c2cccc(C(F)(F)F)c2)NC1. The van der Waals surface area contributed by atoms with Crippen LogP contribution in [0.5, 0.6) is 0 Å². The van der Waals surface area contributed by atoms with Crippen LogP contribution in [0.15, 0.2) is 24.3 Å². The van der Waals surface area contributed by atoms with E-state index in [0.29, 0.717) is 12.1 Å². The van der Waals surface area contributed by atoms with Gasteiger partial charge in [-0.3, -0.25) is 0 Å². The summed E-state index contributed by atoms with van der Waals surface area (Å²) in [4.78, 5) is 0. The number of nitrogens with one attached hydrogen (secondary N) is 1. The molecule has 2 nitrogen and oxygen atoms in total. The molecular formula is C13H16F3NO. The summed E-state index contributed by atoms with van der Waals surface area (Å²) in [5.74, 6) is 0. The maximum Gasteiger partial charge on any atom is 0.416 e. The molecule has 0 aliphatic carbocycles. The van der Waals surface area contributed by atoms with Crippen molar-refractivity contribution in [1.29, 1.82) is 0 Å². The van der Waals surface area contributed by atoms with Gasteiger partial charge in [-0.15, -0.1) is 0 Å². The van der Waals surface area contributed by atoms with E-state index in [2.05, 4.69) is 5.32 Å². The van der Waals surface area contributed by atoms with Crippen molar-refractivity contribution in [2.75, 3.05) is 13.7 Å². The van der Waals surface area contributed by atoms with Crippen molar-refractivity contribution in [2.24, 2.45) is 0 Å². The maximum atomic E-state index is 12.6. The van der Waals surface area contributed by atoms with Gasteiger partial charge in [0.25, 0.3) is 0 Å². The number of halogens is 3. The molecule has 1 aliphatic rings. The lowest BCUT2D eigenvalue weighted by molar-refractivity contribution is -0.137. The summed E-state index contributed by atoms with van der Waals surface area (Å²) in [5.41, 5.74) is 0.107. The van der Waals surface area contributed by atoms with Crippen molar-refractivity contribution in [3.05, 3.63) is 35.4 Å². The Hall–Kier alpha value is -1.07. The number of hydrogen-bond acceptors (Lipinski definition) is 2. The zero-order valence-corrected chi connectivity index (χ0v) is 10.1. The molecule has 1 aromatic rings. The van der Waals surface area contributed by atoms with E-state index in [0.717, 1.165) is 18.9 Å². The summed E-state index contributed by atoms with van der Waals surface area (Å²) in [7, 11) is 1.65. The Labute approximate surface area is 104 Å². The number of benzene rings is 1. The van der Waals surface area contributed by atoms with Crippen molar-refractivity contribution in [2.45, 2.75) is 31.2 Å². The lowest BCUT2D eigenvalue weighted by Gasteiger charge is -2.29. The highest BCUT2D eigenvalue weighted by molar-refractivity contribution is 5.28. The van der Waals surface area contributed by atoms with Crippen LogP contribution in [0.25, 0.3) is 0 Å². The van der Waals surface area contributed by atoms with Gasteiger partial charge in [0, 0.05) is 19.7 Å². The van der Waals surface area contributed by atoms with Crippen LogP contribution < -0.4 is 5.32 Å². The smallest absolute Gasteiger partial charge is 0.380 e. The number of methoxy groups -OCH3 is 1. The van der Waals surface area contributed by atoms with E-state index in [4.69, 9.17) is 4.74 Å². The maximum absolute atomic E-state index is 12.6. The Balaban J connectivity index is 2.10. The summed E-state index contributed by atoms with van der Waals surface area (Å²) in [6.07, 6.45) is -2.46. The van der Waals surface area contributed by atoms with Crippen LogP contribution in [-0.2, 0) is 10.9 Å². The molecule has 100 valence electrons. The number of hydrogen-bond donors (Lipinski definition) is 1. The minimum absolute atomic E-state index is 0.0151. The molecule has 18 heavy (non-hydrogen) atoms. The van der Waals surface area contributed by atoms with Crippen molar-refractivity contribution in [3.63, 3.8) is 0 Å². The van der Waals surface area contributed by atoms with Gasteiger partial charge in [0.05, 0.1) is 11.7 Å². The monoisotopic (exact) mass is 259 g/mol. The largest absolute Gasteiger partial charge is 0.416 e. The normalized spacial score (nSPS) is 25.1. The lowest BCUT2D eigenvalue weighted by Crippen LogP contribution is -2.37. The first-order valence-electron chi connectivity index (χ1n) is 5.94. The highest BCUT2D eigenvalue weighted by Gasteiger charge is 2.31. The second kappa shape index (κ2) is 5.28. The van der Waals surface area contributed by atoms with Crippen LogP contribution >= 0.6 is 0 Å². The number of piperidine rings is 1. The second-order valence-corrected chi connectivity index (χ2v) is 4.52. The van der Waals surface area contributed by atoms with Gasteiger partial charge in [-0.05, 0) is 30.5 Å². The van der Waals surface area contributed by atoms with Gasteiger partial charge in [0.2, 0.25) is 0 Å². The Morgan fingerprint density at radius 2 is 2.06 bits per heavy atom.